The zero-order valence-corrected chi connectivity index (χ0v) is 13.8. The third-order valence-electron chi connectivity index (χ3n) is 4.78. The Bertz CT molecular complexity index is 617. The first-order valence-corrected chi connectivity index (χ1v) is 8.29. The van der Waals surface area contributed by atoms with Crippen molar-refractivity contribution in [2.24, 2.45) is 5.92 Å². The molecule has 2 unspecified atom stereocenters. The Balaban J connectivity index is 2.64. The molecule has 0 saturated heterocycles. The van der Waals surface area contributed by atoms with Crippen LogP contribution in [0.15, 0.2) is 36.4 Å². The minimum absolute atomic E-state index is 0.0439. The van der Waals surface area contributed by atoms with Crippen molar-refractivity contribution in [1.29, 1.82) is 0 Å². The van der Waals surface area contributed by atoms with Gasteiger partial charge in [-0.05, 0) is 30.1 Å². The number of rotatable bonds is 4. The van der Waals surface area contributed by atoms with Crippen molar-refractivity contribution in [2.75, 3.05) is 0 Å². The second-order valence-corrected chi connectivity index (χ2v) is 6.53. The molecule has 2 nitrogen and oxygen atoms in total. The van der Waals surface area contributed by atoms with Crippen molar-refractivity contribution in [1.82, 2.24) is 0 Å². The number of aliphatic hydroxyl groups excluding tert-OH is 1. The lowest BCUT2D eigenvalue weighted by Crippen LogP contribution is -2.53. The lowest BCUT2D eigenvalue weighted by molar-refractivity contribution is -0.256. The molecule has 2 N–H and O–H groups in total. The standard InChI is InChI=1S/C18H20F6O2/c19-17(20,21)15(25)11-14(12-7-3-1-4-8-12)16(26,18(22,23)24)13-9-5-2-6-10-13/h1,3-4,7-8,11,13,15,25-26H,2,5-6,9-10H2. The Morgan fingerprint density at radius 2 is 1.50 bits per heavy atom. The fourth-order valence-corrected chi connectivity index (χ4v) is 3.44. The highest BCUT2D eigenvalue weighted by atomic mass is 19.4. The fraction of sp³-hybridized carbons (Fsp3) is 0.556. The summed E-state index contributed by atoms with van der Waals surface area (Å²) in [6.07, 6.45) is -11.7. The van der Waals surface area contributed by atoms with Gasteiger partial charge in [-0.2, -0.15) is 26.3 Å². The number of hydrogen-bond donors (Lipinski definition) is 2. The predicted octanol–water partition coefficient (Wildman–Crippen LogP) is 4.87. The number of hydrogen-bond acceptors (Lipinski definition) is 2. The highest BCUT2D eigenvalue weighted by molar-refractivity contribution is 5.74. The molecule has 2 rings (SSSR count). The maximum absolute atomic E-state index is 13.9. The van der Waals surface area contributed by atoms with Crippen LogP contribution in [0.4, 0.5) is 26.3 Å². The highest BCUT2D eigenvalue weighted by Gasteiger charge is 2.61. The Hall–Kier alpha value is -1.54. The Morgan fingerprint density at radius 1 is 0.962 bits per heavy atom. The molecule has 0 aliphatic heterocycles. The van der Waals surface area contributed by atoms with Crippen LogP contribution in [-0.4, -0.2) is 34.3 Å². The van der Waals surface area contributed by atoms with Crippen LogP contribution in [0.5, 0.6) is 0 Å². The van der Waals surface area contributed by atoms with E-state index in [4.69, 9.17) is 0 Å². The zero-order valence-electron chi connectivity index (χ0n) is 13.8. The van der Waals surface area contributed by atoms with Gasteiger partial charge in [-0.3, -0.25) is 0 Å². The Morgan fingerprint density at radius 3 is 1.96 bits per heavy atom. The van der Waals surface area contributed by atoms with Crippen LogP contribution in [0.3, 0.4) is 0 Å². The summed E-state index contributed by atoms with van der Waals surface area (Å²) in [6.45, 7) is 0. The molecule has 1 aliphatic carbocycles. The minimum Gasteiger partial charge on any atom is -0.380 e. The molecule has 0 spiro atoms. The second kappa shape index (κ2) is 7.60. The summed E-state index contributed by atoms with van der Waals surface area (Å²) in [6, 6.07) is 6.60. The number of alkyl halides is 6. The van der Waals surface area contributed by atoms with Gasteiger partial charge in [-0.15, -0.1) is 0 Å². The summed E-state index contributed by atoms with van der Waals surface area (Å²) in [5.74, 6) is -1.27. The normalized spacial score (nSPS) is 21.3. The highest BCUT2D eigenvalue weighted by Crippen LogP contribution is 2.50. The first-order valence-electron chi connectivity index (χ1n) is 8.29. The van der Waals surface area contributed by atoms with E-state index in [2.05, 4.69) is 0 Å². The average Bonchev–Trinajstić information content (AvgIpc) is 2.58. The maximum Gasteiger partial charge on any atom is 0.421 e. The number of aliphatic hydroxyl groups is 2. The van der Waals surface area contributed by atoms with E-state index in [1.54, 1.807) is 0 Å². The molecule has 26 heavy (non-hydrogen) atoms. The summed E-state index contributed by atoms with van der Waals surface area (Å²) in [5.41, 5.74) is -4.63. The SMILES string of the molecule is OC(C=C(c1ccccc1)C(O)(C1CCCCC1)C(F)(F)F)C(F)(F)F. The van der Waals surface area contributed by atoms with Gasteiger partial charge in [0.2, 0.25) is 0 Å². The molecule has 1 aliphatic rings. The third kappa shape index (κ3) is 4.23. The van der Waals surface area contributed by atoms with Crippen LogP contribution in [0.1, 0.15) is 37.7 Å². The van der Waals surface area contributed by atoms with E-state index in [1.165, 1.54) is 30.3 Å². The van der Waals surface area contributed by atoms with Gasteiger partial charge >= 0.3 is 12.4 Å². The monoisotopic (exact) mass is 382 g/mol. The van der Waals surface area contributed by atoms with E-state index >= 15 is 0 Å². The molecule has 146 valence electrons. The van der Waals surface area contributed by atoms with Crippen LogP contribution >= 0.6 is 0 Å². The third-order valence-corrected chi connectivity index (χ3v) is 4.78. The summed E-state index contributed by atoms with van der Waals surface area (Å²) in [7, 11) is 0. The van der Waals surface area contributed by atoms with Gasteiger partial charge in [0.05, 0.1) is 0 Å². The van der Waals surface area contributed by atoms with Gasteiger partial charge in [0.1, 0.15) is 0 Å². The lowest BCUT2D eigenvalue weighted by Gasteiger charge is -2.42. The van der Waals surface area contributed by atoms with Crippen molar-refractivity contribution in [3.05, 3.63) is 42.0 Å². The van der Waals surface area contributed by atoms with E-state index in [9.17, 15) is 36.6 Å². The quantitative estimate of drug-likeness (QED) is 0.730. The van der Waals surface area contributed by atoms with E-state index in [0.717, 1.165) is 0 Å². The molecule has 1 saturated carbocycles. The average molecular weight is 382 g/mol. The first-order chi connectivity index (χ1) is 12.0. The molecule has 0 aromatic heterocycles. The maximum atomic E-state index is 13.9. The van der Waals surface area contributed by atoms with Crippen LogP contribution in [-0.2, 0) is 0 Å². The largest absolute Gasteiger partial charge is 0.421 e. The van der Waals surface area contributed by atoms with Gasteiger partial charge < -0.3 is 10.2 Å². The molecule has 1 fully saturated rings. The number of halogens is 6. The van der Waals surface area contributed by atoms with E-state index in [0.29, 0.717) is 19.3 Å². The summed E-state index contributed by atoms with van der Waals surface area (Å²) in [5, 5.41) is 20.1. The number of benzene rings is 1. The lowest BCUT2D eigenvalue weighted by atomic mass is 9.70. The van der Waals surface area contributed by atoms with Gasteiger partial charge in [0.25, 0.3) is 0 Å². The van der Waals surface area contributed by atoms with Crippen LogP contribution in [0, 0.1) is 5.92 Å². The van der Waals surface area contributed by atoms with E-state index in [1.807, 2.05) is 0 Å². The molecule has 0 radical (unpaired) electrons. The van der Waals surface area contributed by atoms with Crippen LogP contribution < -0.4 is 0 Å². The minimum atomic E-state index is -5.19. The first kappa shape index (κ1) is 20.8. The molecular formula is C18H20F6O2. The topological polar surface area (TPSA) is 40.5 Å². The molecular weight excluding hydrogens is 362 g/mol. The van der Waals surface area contributed by atoms with Crippen molar-refractivity contribution in [3.63, 3.8) is 0 Å². The summed E-state index contributed by atoms with van der Waals surface area (Å²) in [4.78, 5) is 0. The van der Waals surface area contributed by atoms with Gasteiger partial charge in [-0.1, -0.05) is 49.6 Å². The molecule has 1 aromatic carbocycles. The van der Waals surface area contributed by atoms with Crippen LogP contribution in [0.2, 0.25) is 0 Å². The summed E-state index contributed by atoms with van der Waals surface area (Å²) < 4.78 is 80.1. The van der Waals surface area contributed by atoms with Crippen molar-refractivity contribution in [3.8, 4) is 0 Å². The van der Waals surface area contributed by atoms with Crippen molar-refractivity contribution in [2.45, 2.75) is 56.2 Å². The van der Waals surface area contributed by atoms with Crippen molar-refractivity contribution >= 4 is 5.57 Å². The molecule has 0 amide bonds. The fourth-order valence-electron chi connectivity index (χ4n) is 3.44. The predicted molar refractivity (Wildman–Crippen MR) is 84.1 cm³/mol. The van der Waals surface area contributed by atoms with E-state index < -0.39 is 35.5 Å². The van der Waals surface area contributed by atoms with Crippen LogP contribution in [0.25, 0.3) is 5.57 Å². The second-order valence-electron chi connectivity index (χ2n) is 6.53. The molecule has 8 heteroatoms. The molecule has 0 heterocycles. The Kier molecular flexibility index (Phi) is 6.07. The van der Waals surface area contributed by atoms with Gasteiger partial charge in [0, 0.05) is 5.92 Å². The van der Waals surface area contributed by atoms with E-state index in [-0.39, 0.29) is 24.5 Å². The Labute approximate surface area is 147 Å². The summed E-state index contributed by atoms with van der Waals surface area (Å²) >= 11 is 0. The molecule has 2 atom stereocenters. The van der Waals surface area contributed by atoms with Crippen molar-refractivity contribution < 1.29 is 36.6 Å². The van der Waals surface area contributed by atoms with Gasteiger partial charge in [-0.25, -0.2) is 0 Å². The smallest absolute Gasteiger partial charge is 0.380 e. The zero-order chi connectivity index (χ0) is 19.6. The molecule has 0 bridgehead atoms. The van der Waals surface area contributed by atoms with Gasteiger partial charge in [0.15, 0.2) is 11.7 Å². The molecule has 1 aromatic rings.